The molecule has 0 aliphatic rings. The smallest absolute Gasteiger partial charge is 0.119 e. The Morgan fingerprint density at radius 3 is 2.74 bits per heavy atom. The van der Waals surface area contributed by atoms with E-state index in [0.717, 1.165) is 16.9 Å². The zero-order valence-electron chi connectivity index (χ0n) is 13.1. The van der Waals surface area contributed by atoms with Crippen molar-refractivity contribution in [3.8, 4) is 11.8 Å². The summed E-state index contributed by atoms with van der Waals surface area (Å²) in [5, 5.41) is 22.1. The van der Waals surface area contributed by atoms with Gasteiger partial charge >= 0.3 is 0 Å². The lowest BCUT2D eigenvalue weighted by Crippen LogP contribution is -2.21. The maximum atomic E-state index is 10.1. The fourth-order valence-electron chi connectivity index (χ4n) is 2.13. The third kappa shape index (κ3) is 5.26. The standard InChI is InChI=1S/C19H20N2O2/c1-23-18-6-2-5-17(12-18)19(22)14-21-11-3-4-15-7-9-16(13-20)10-8-15/h2-10,12,19,21-22H,11,14H2,1H3/b4-3+. The van der Waals surface area contributed by atoms with Gasteiger partial charge in [0.15, 0.2) is 0 Å². The molecule has 0 saturated heterocycles. The van der Waals surface area contributed by atoms with E-state index in [2.05, 4.69) is 11.4 Å². The molecule has 0 heterocycles. The number of aliphatic hydroxyl groups is 1. The molecule has 0 bridgehead atoms. The summed E-state index contributed by atoms with van der Waals surface area (Å²) < 4.78 is 5.15. The number of hydrogen-bond acceptors (Lipinski definition) is 4. The topological polar surface area (TPSA) is 65.3 Å². The van der Waals surface area contributed by atoms with Crippen LogP contribution in [0.3, 0.4) is 0 Å². The fourth-order valence-corrected chi connectivity index (χ4v) is 2.13. The Morgan fingerprint density at radius 2 is 2.04 bits per heavy atom. The average molecular weight is 308 g/mol. The zero-order chi connectivity index (χ0) is 16.5. The monoisotopic (exact) mass is 308 g/mol. The number of ether oxygens (including phenoxy) is 1. The number of aliphatic hydroxyl groups excluding tert-OH is 1. The van der Waals surface area contributed by atoms with Gasteiger partial charge in [0.25, 0.3) is 0 Å². The molecule has 118 valence electrons. The number of hydrogen-bond donors (Lipinski definition) is 2. The van der Waals surface area contributed by atoms with E-state index < -0.39 is 6.10 Å². The van der Waals surface area contributed by atoms with E-state index in [4.69, 9.17) is 10.00 Å². The minimum atomic E-state index is -0.576. The van der Waals surface area contributed by atoms with Crippen molar-refractivity contribution in [1.82, 2.24) is 5.32 Å². The number of methoxy groups -OCH3 is 1. The van der Waals surface area contributed by atoms with Crippen LogP contribution in [0.15, 0.2) is 54.6 Å². The molecule has 4 heteroatoms. The highest BCUT2D eigenvalue weighted by molar-refractivity contribution is 5.51. The lowest BCUT2D eigenvalue weighted by Gasteiger charge is -2.12. The van der Waals surface area contributed by atoms with Crippen LogP contribution in [0.4, 0.5) is 0 Å². The van der Waals surface area contributed by atoms with E-state index in [1.54, 1.807) is 19.2 Å². The summed E-state index contributed by atoms with van der Waals surface area (Å²) >= 11 is 0. The predicted molar refractivity (Wildman–Crippen MR) is 91.0 cm³/mol. The van der Waals surface area contributed by atoms with Crippen LogP contribution in [0.2, 0.25) is 0 Å². The predicted octanol–water partition coefficient (Wildman–Crippen LogP) is 2.90. The van der Waals surface area contributed by atoms with Crippen molar-refractivity contribution < 1.29 is 9.84 Å². The molecule has 0 radical (unpaired) electrons. The largest absolute Gasteiger partial charge is 0.497 e. The molecule has 1 unspecified atom stereocenters. The molecule has 2 N–H and O–H groups in total. The van der Waals surface area contributed by atoms with Crippen molar-refractivity contribution in [3.63, 3.8) is 0 Å². The molecule has 4 nitrogen and oxygen atoms in total. The van der Waals surface area contributed by atoms with Gasteiger partial charge in [0.1, 0.15) is 5.75 Å². The first-order valence-corrected chi connectivity index (χ1v) is 7.42. The average Bonchev–Trinajstić information content (AvgIpc) is 2.61. The van der Waals surface area contributed by atoms with Gasteiger partial charge in [-0.2, -0.15) is 5.26 Å². The van der Waals surface area contributed by atoms with Crippen LogP contribution in [0.25, 0.3) is 6.08 Å². The van der Waals surface area contributed by atoms with Crippen molar-refractivity contribution in [2.24, 2.45) is 0 Å². The highest BCUT2D eigenvalue weighted by atomic mass is 16.5. The molecule has 23 heavy (non-hydrogen) atoms. The summed E-state index contributed by atoms with van der Waals surface area (Å²) in [6.07, 6.45) is 3.39. The zero-order valence-corrected chi connectivity index (χ0v) is 13.1. The first-order chi connectivity index (χ1) is 11.2. The summed E-state index contributed by atoms with van der Waals surface area (Å²) in [6, 6.07) is 16.9. The molecule has 0 aromatic heterocycles. The SMILES string of the molecule is COc1cccc(C(O)CNC/C=C/c2ccc(C#N)cc2)c1. The van der Waals surface area contributed by atoms with Crippen molar-refractivity contribution in [2.75, 3.05) is 20.2 Å². The Balaban J connectivity index is 1.77. The van der Waals surface area contributed by atoms with Gasteiger partial charge in [-0.25, -0.2) is 0 Å². The number of benzene rings is 2. The summed E-state index contributed by atoms with van der Waals surface area (Å²) in [5.74, 6) is 0.738. The van der Waals surface area contributed by atoms with Gasteiger partial charge in [-0.1, -0.05) is 36.4 Å². The van der Waals surface area contributed by atoms with Crippen molar-refractivity contribution in [2.45, 2.75) is 6.10 Å². The summed E-state index contributed by atoms with van der Waals surface area (Å²) in [4.78, 5) is 0. The van der Waals surface area contributed by atoms with Gasteiger partial charge in [0, 0.05) is 13.1 Å². The third-order valence-electron chi connectivity index (χ3n) is 3.43. The second-order valence-corrected chi connectivity index (χ2v) is 5.09. The Kier molecular flexibility index (Phi) is 6.37. The summed E-state index contributed by atoms with van der Waals surface area (Å²) in [5.41, 5.74) is 2.52. The van der Waals surface area contributed by atoms with Gasteiger partial charge < -0.3 is 15.2 Å². The molecular weight excluding hydrogens is 288 g/mol. The van der Waals surface area contributed by atoms with Gasteiger partial charge in [-0.05, 0) is 35.4 Å². The normalized spacial score (nSPS) is 12.0. The van der Waals surface area contributed by atoms with Gasteiger partial charge in [0.05, 0.1) is 24.8 Å². The van der Waals surface area contributed by atoms with Gasteiger partial charge in [-0.3, -0.25) is 0 Å². The molecule has 2 rings (SSSR count). The second-order valence-electron chi connectivity index (χ2n) is 5.09. The third-order valence-corrected chi connectivity index (χ3v) is 3.43. The van der Waals surface area contributed by atoms with Crippen LogP contribution >= 0.6 is 0 Å². The van der Waals surface area contributed by atoms with Gasteiger partial charge in [0.2, 0.25) is 0 Å². The Bertz CT molecular complexity index is 687. The Morgan fingerprint density at radius 1 is 1.26 bits per heavy atom. The fraction of sp³-hybridized carbons (Fsp3) is 0.211. The van der Waals surface area contributed by atoms with E-state index in [0.29, 0.717) is 18.7 Å². The van der Waals surface area contributed by atoms with E-state index >= 15 is 0 Å². The lowest BCUT2D eigenvalue weighted by atomic mass is 10.1. The van der Waals surface area contributed by atoms with Crippen molar-refractivity contribution in [3.05, 3.63) is 71.3 Å². The Hall–Kier alpha value is -2.61. The quantitative estimate of drug-likeness (QED) is 0.772. The van der Waals surface area contributed by atoms with E-state index in [1.807, 2.05) is 48.6 Å². The molecule has 2 aromatic rings. The van der Waals surface area contributed by atoms with Crippen molar-refractivity contribution >= 4 is 6.08 Å². The number of rotatable bonds is 7. The molecular formula is C19H20N2O2. The van der Waals surface area contributed by atoms with Crippen LogP contribution < -0.4 is 10.1 Å². The minimum Gasteiger partial charge on any atom is -0.497 e. The highest BCUT2D eigenvalue weighted by Gasteiger charge is 2.07. The van der Waals surface area contributed by atoms with E-state index in [-0.39, 0.29) is 0 Å². The maximum absolute atomic E-state index is 10.1. The summed E-state index contributed by atoms with van der Waals surface area (Å²) in [7, 11) is 1.61. The first kappa shape index (κ1) is 16.8. The minimum absolute atomic E-state index is 0.463. The Labute approximate surface area is 136 Å². The van der Waals surface area contributed by atoms with Crippen molar-refractivity contribution in [1.29, 1.82) is 5.26 Å². The highest BCUT2D eigenvalue weighted by Crippen LogP contribution is 2.18. The molecule has 1 atom stereocenters. The molecule has 0 aliphatic heterocycles. The number of nitriles is 1. The second kappa shape index (κ2) is 8.74. The number of nitrogens with zero attached hydrogens (tertiary/aromatic N) is 1. The molecule has 2 aromatic carbocycles. The van der Waals surface area contributed by atoms with E-state index in [1.165, 1.54) is 0 Å². The van der Waals surface area contributed by atoms with Gasteiger partial charge in [-0.15, -0.1) is 0 Å². The molecule has 0 spiro atoms. The van der Waals surface area contributed by atoms with Crippen LogP contribution in [0.5, 0.6) is 5.75 Å². The maximum Gasteiger partial charge on any atom is 0.119 e. The first-order valence-electron chi connectivity index (χ1n) is 7.42. The van der Waals surface area contributed by atoms with Crippen LogP contribution in [0, 0.1) is 11.3 Å². The molecule has 0 saturated carbocycles. The summed E-state index contributed by atoms with van der Waals surface area (Å²) in [6.45, 7) is 1.12. The number of nitrogens with one attached hydrogen (secondary N) is 1. The van der Waals surface area contributed by atoms with Crippen LogP contribution in [-0.2, 0) is 0 Å². The molecule has 0 aliphatic carbocycles. The van der Waals surface area contributed by atoms with E-state index in [9.17, 15) is 5.11 Å². The molecule has 0 amide bonds. The van der Waals surface area contributed by atoms with Crippen LogP contribution in [0.1, 0.15) is 22.8 Å². The lowest BCUT2D eigenvalue weighted by molar-refractivity contribution is 0.176. The molecule has 0 fully saturated rings. The van der Waals surface area contributed by atoms with Crippen LogP contribution in [-0.4, -0.2) is 25.3 Å².